The summed E-state index contributed by atoms with van der Waals surface area (Å²) in [5, 5.41) is 12.9. The van der Waals surface area contributed by atoms with E-state index in [0.29, 0.717) is 22.9 Å². The Morgan fingerprint density at radius 3 is 3.10 bits per heavy atom. The minimum absolute atomic E-state index is 0.188. The van der Waals surface area contributed by atoms with Crippen LogP contribution in [0.1, 0.15) is 35.8 Å². The normalized spacial score (nSPS) is 18.7. The second kappa shape index (κ2) is 7.30. The van der Waals surface area contributed by atoms with Gasteiger partial charge in [-0.25, -0.2) is 0 Å². The lowest BCUT2D eigenvalue weighted by molar-refractivity contribution is -0.117. The van der Waals surface area contributed by atoms with Crippen LogP contribution in [0.2, 0.25) is 0 Å². The summed E-state index contributed by atoms with van der Waals surface area (Å²) < 4.78 is 0. The summed E-state index contributed by atoms with van der Waals surface area (Å²) in [6.07, 6.45) is 5.69. The summed E-state index contributed by atoms with van der Waals surface area (Å²) in [4.78, 5) is 13.4. The van der Waals surface area contributed by atoms with Gasteiger partial charge in [0.25, 0.3) is 0 Å². The number of nitrogens with two attached hydrogens (primary N) is 1. The molecule has 0 spiro atoms. The molecule has 2 atom stereocenters. The summed E-state index contributed by atoms with van der Waals surface area (Å²) in [6.45, 7) is 2.23. The molecule has 0 saturated heterocycles. The van der Waals surface area contributed by atoms with Crippen LogP contribution in [0.5, 0.6) is 0 Å². The third kappa shape index (κ3) is 3.79. The Hall–Kier alpha value is -1.03. The van der Waals surface area contributed by atoms with Crippen LogP contribution in [0.3, 0.4) is 0 Å². The van der Waals surface area contributed by atoms with Gasteiger partial charge in [0.2, 0.25) is 5.91 Å². The molecule has 1 amide bonds. The Labute approximate surface area is 134 Å². The van der Waals surface area contributed by atoms with Gasteiger partial charge in [-0.15, -0.1) is 11.3 Å². The van der Waals surface area contributed by atoms with E-state index in [1.807, 2.05) is 6.26 Å². The standard InChI is InChI=1S/C15H21N3OS2/c1-9-3-4-10-11(8-16)15(21-13(10)7-9)18-14(19)12(17)5-6-20-2/h9,12H,3-7,17H2,1-2H3,(H,18,19)/t9?,12-/m1/s1. The average molecular weight is 323 g/mol. The van der Waals surface area contributed by atoms with Gasteiger partial charge in [-0.2, -0.15) is 17.0 Å². The van der Waals surface area contributed by atoms with Gasteiger partial charge in [0.15, 0.2) is 0 Å². The van der Waals surface area contributed by atoms with Crippen molar-refractivity contribution in [1.82, 2.24) is 0 Å². The van der Waals surface area contributed by atoms with E-state index in [9.17, 15) is 10.1 Å². The van der Waals surface area contributed by atoms with Gasteiger partial charge >= 0.3 is 0 Å². The van der Waals surface area contributed by atoms with Crippen molar-refractivity contribution in [3.05, 3.63) is 16.0 Å². The summed E-state index contributed by atoms with van der Waals surface area (Å²) in [7, 11) is 0. The Bertz CT molecular complexity index is 562. The summed E-state index contributed by atoms with van der Waals surface area (Å²) >= 11 is 3.22. The Balaban J connectivity index is 2.14. The number of nitrogens with one attached hydrogen (secondary N) is 1. The number of amides is 1. The first-order valence-electron chi connectivity index (χ1n) is 7.16. The van der Waals surface area contributed by atoms with Crippen LogP contribution in [-0.4, -0.2) is 24.0 Å². The molecule has 3 N–H and O–H groups in total. The molecule has 4 nitrogen and oxygen atoms in total. The molecule has 2 rings (SSSR count). The lowest BCUT2D eigenvalue weighted by Gasteiger charge is -2.17. The Kier molecular flexibility index (Phi) is 5.68. The molecule has 0 saturated carbocycles. The summed E-state index contributed by atoms with van der Waals surface area (Å²) in [5.74, 6) is 1.32. The molecular weight excluding hydrogens is 302 g/mol. The van der Waals surface area contributed by atoms with Gasteiger partial charge in [0.05, 0.1) is 11.6 Å². The van der Waals surface area contributed by atoms with Crippen molar-refractivity contribution in [3.63, 3.8) is 0 Å². The van der Waals surface area contributed by atoms with Gasteiger partial charge in [-0.05, 0) is 49.2 Å². The van der Waals surface area contributed by atoms with E-state index in [4.69, 9.17) is 5.73 Å². The molecule has 1 unspecified atom stereocenters. The predicted molar refractivity (Wildman–Crippen MR) is 89.8 cm³/mol. The zero-order chi connectivity index (χ0) is 15.4. The quantitative estimate of drug-likeness (QED) is 0.873. The zero-order valence-corrected chi connectivity index (χ0v) is 14.1. The molecule has 21 heavy (non-hydrogen) atoms. The van der Waals surface area contributed by atoms with Crippen LogP contribution in [0, 0.1) is 17.2 Å². The molecule has 0 bridgehead atoms. The number of thiophene rings is 1. The number of nitriles is 1. The van der Waals surface area contributed by atoms with Gasteiger partial charge in [-0.3, -0.25) is 4.79 Å². The molecule has 114 valence electrons. The fourth-order valence-electron chi connectivity index (χ4n) is 2.54. The Morgan fingerprint density at radius 2 is 2.43 bits per heavy atom. The molecule has 6 heteroatoms. The Morgan fingerprint density at radius 1 is 1.67 bits per heavy atom. The van der Waals surface area contributed by atoms with Crippen molar-refractivity contribution in [2.45, 2.75) is 38.6 Å². The van der Waals surface area contributed by atoms with Gasteiger partial charge in [0, 0.05) is 4.88 Å². The number of fused-ring (bicyclic) bond motifs is 1. The van der Waals surface area contributed by atoms with Crippen LogP contribution < -0.4 is 11.1 Å². The van der Waals surface area contributed by atoms with E-state index >= 15 is 0 Å². The monoisotopic (exact) mass is 323 g/mol. The fourth-order valence-corrected chi connectivity index (χ4v) is 4.39. The maximum atomic E-state index is 12.1. The second-order valence-corrected chi connectivity index (χ2v) is 7.64. The third-order valence-corrected chi connectivity index (χ3v) is 5.64. The van der Waals surface area contributed by atoms with E-state index < -0.39 is 6.04 Å². The lowest BCUT2D eigenvalue weighted by atomic mass is 9.88. The fraction of sp³-hybridized carbons (Fsp3) is 0.600. The first-order valence-corrected chi connectivity index (χ1v) is 9.37. The van der Waals surface area contributed by atoms with Crippen LogP contribution in [-0.2, 0) is 17.6 Å². The van der Waals surface area contributed by atoms with E-state index in [-0.39, 0.29) is 5.91 Å². The van der Waals surface area contributed by atoms with Crippen LogP contribution >= 0.6 is 23.1 Å². The first-order chi connectivity index (χ1) is 10.1. The van der Waals surface area contributed by atoms with Crippen LogP contribution in [0.25, 0.3) is 0 Å². The van der Waals surface area contributed by atoms with E-state index in [1.54, 1.807) is 23.1 Å². The molecule has 0 radical (unpaired) electrons. The molecule has 1 aromatic heterocycles. The van der Waals surface area contributed by atoms with Crippen LogP contribution in [0.4, 0.5) is 5.00 Å². The summed E-state index contributed by atoms with van der Waals surface area (Å²) in [6, 6.07) is 1.74. The smallest absolute Gasteiger partial charge is 0.241 e. The number of nitrogens with zero attached hydrogens (tertiary/aromatic N) is 1. The lowest BCUT2D eigenvalue weighted by Crippen LogP contribution is -2.36. The number of thioether (sulfide) groups is 1. The highest BCUT2D eigenvalue weighted by Gasteiger charge is 2.25. The third-order valence-electron chi connectivity index (χ3n) is 3.83. The van der Waals surface area contributed by atoms with Crippen molar-refractivity contribution >= 4 is 34.0 Å². The van der Waals surface area contributed by atoms with Crippen molar-refractivity contribution < 1.29 is 4.79 Å². The minimum Gasteiger partial charge on any atom is -0.320 e. The molecule has 1 aliphatic rings. The number of carbonyl (C=O) groups is 1. The van der Waals surface area contributed by atoms with Crippen LogP contribution in [0.15, 0.2) is 0 Å². The van der Waals surface area contributed by atoms with Gasteiger partial charge < -0.3 is 11.1 Å². The highest BCUT2D eigenvalue weighted by atomic mass is 32.2. The molecular formula is C15H21N3OS2. The number of rotatable bonds is 5. The highest BCUT2D eigenvalue weighted by molar-refractivity contribution is 7.98. The zero-order valence-electron chi connectivity index (χ0n) is 12.4. The second-order valence-electron chi connectivity index (χ2n) is 5.54. The van der Waals surface area contributed by atoms with Crippen molar-refractivity contribution in [3.8, 4) is 6.07 Å². The minimum atomic E-state index is -0.512. The largest absolute Gasteiger partial charge is 0.320 e. The van der Waals surface area contributed by atoms with Crippen molar-refractivity contribution in [1.29, 1.82) is 5.26 Å². The number of carbonyl (C=O) groups excluding carboxylic acids is 1. The SMILES string of the molecule is CSCC[C@@H](N)C(=O)Nc1sc2c(c1C#N)CCC(C)C2. The molecule has 1 aromatic rings. The van der Waals surface area contributed by atoms with E-state index in [0.717, 1.165) is 30.6 Å². The highest BCUT2D eigenvalue weighted by Crippen LogP contribution is 2.39. The summed E-state index contributed by atoms with van der Waals surface area (Å²) in [5.41, 5.74) is 7.66. The molecule has 0 aromatic carbocycles. The van der Waals surface area contributed by atoms with E-state index in [2.05, 4.69) is 18.3 Å². The van der Waals surface area contributed by atoms with Crippen molar-refractivity contribution in [2.75, 3.05) is 17.3 Å². The van der Waals surface area contributed by atoms with Gasteiger partial charge in [0.1, 0.15) is 11.1 Å². The molecule has 1 heterocycles. The first kappa shape index (κ1) is 16.3. The van der Waals surface area contributed by atoms with Gasteiger partial charge in [-0.1, -0.05) is 6.92 Å². The number of hydrogen-bond acceptors (Lipinski definition) is 5. The number of hydrogen-bond donors (Lipinski definition) is 2. The maximum Gasteiger partial charge on any atom is 0.241 e. The number of anilines is 1. The van der Waals surface area contributed by atoms with Crippen molar-refractivity contribution in [2.24, 2.45) is 11.7 Å². The predicted octanol–water partition coefficient (Wildman–Crippen LogP) is 2.76. The van der Waals surface area contributed by atoms with E-state index in [1.165, 1.54) is 4.88 Å². The maximum absolute atomic E-state index is 12.1. The topological polar surface area (TPSA) is 78.9 Å². The molecule has 1 aliphatic carbocycles. The molecule has 0 fully saturated rings. The molecule has 0 aliphatic heterocycles. The average Bonchev–Trinajstić information content (AvgIpc) is 2.80.